The molecule has 2 unspecified atom stereocenters. The van der Waals surface area contributed by atoms with Crippen molar-refractivity contribution in [2.45, 2.75) is 19.0 Å². The lowest BCUT2D eigenvalue weighted by molar-refractivity contribution is -0.151. The van der Waals surface area contributed by atoms with Gasteiger partial charge in [0.2, 0.25) is 5.91 Å². The summed E-state index contributed by atoms with van der Waals surface area (Å²) < 4.78 is 51.2. The number of alkyl halides is 3. The highest BCUT2D eigenvalue weighted by Crippen LogP contribution is 2.34. The lowest BCUT2D eigenvalue weighted by atomic mass is 9.87. The summed E-state index contributed by atoms with van der Waals surface area (Å²) in [7, 11) is 0. The van der Waals surface area contributed by atoms with Crippen molar-refractivity contribution in [1.29, 1.82) is 0 Å². The van der Waals surface area contributed by atoms with Crippen LogP contribution in [0.3, 0.4) is 0 Å². The second-order valence-electron chi connectivity index (χ2n) is 4.60. The topological polar surface area (TPSA) is 55.4 Å². The number of benzene rings is 1. The third-order valence-electron chi connectivity index (χ3n) is 3.24. The number of amides is 1. The summed E-state index contributed by atoms with van der Waals surface area (Å²) >= 11 is 0. The fourth-order valence-electron chi connectivity index (χ4n) is 2.28. The van der Waals surface area contributed by atoms with E-state index in [2.05, 4.69) is 5.32 Å². The zero-order chi connectivity index (χ0) is 16.5. The van der Waals surface area contributed by atoms with Gasteiger partial charge in [0.1, 0.15) is 5.92 Å². The number of nitrogens with one attached hydrogen (secondary N) is 1. The first-order chi connectivity index (χ1) is 10.3. The Morgan fingerprint density at radius 1 is 1.52 bits per heavy atom. The number of carbonyl (C=O) groups excluding carboxylic acids is 2. The van der Waals surface area contributed by atoms with Gasteiger partial charge in [0.25, 0.3) is 0 Å². The molecule has 1 saturated heterocycles. The maximum absolute atomic E-state index is 12.9. The minimum absolute atomic E-state index is 0.00446. The predicted molar refractivity (Wildman–Crippen MR) is 67.3 cm³/mol. The molecule has 1 aliphatic heterocycles. The van der Waals surface area contributed by atoms with E-state index < -0.39 is 41.5 Å². The van der Waals surface area contributed by atoms with Gasteiger partial charge in [0.05, 0.1) is 13.5 Å². The molecule has 0 bridgehead atoms. The molecule has 1 heterocycles. The van der Waals surface area contributed by atoms with Gasteiger partial charge in [-0.1, -0.05) is 18.2 Å². The molecule has 0 saturated carbocycles. The Bertz CT molecular complexity index is 603. The molecule has 0 aromatic heterocycles. The molecule has 2 rings (SSSR count). The number of esters is 1. The minimum atomic E-state index is -4.66. The van der Waals surface area contributed by atoms with Crippen LogP contribution in [0.2, 0.25) is 0 Å². The van der Waals surface area contributed by atoms with Gasteiger partial charge in [0, 0.05) is 12.5 Å². The molecular formula is C14H14F3NO3. The lowest BCUT2D eigenvalue weighted by Crippen LogP contribution is -2.29. The van der Waals surface area contributed by atoms with Crippen molar-refractivity contribution in [2.75, 3.05) is 13.2 Å². The van der Waals surface area contributed by atoms with Crippen molar-refractivity contribution in [3.05, 3.63) is 35.4 Å². The van der Waals surface area contributed by atoms with E-state index in [0.29, 0.717) is 0 Å². The first-order valence-corrected chi connectivity index (χ1v) is 6.38. The van der Waals surface area contributed by atoms with Crippen LogP contribution in [0.25, 0.3) is 0 Å². The quantitative estimate of drug-likeness (QED) is 0.687. The second-order valence-corrected chi connectivity index (χ2v) is 4.60. The Morgan fingerprint density at radius 2 is 2.24 bits per heavy atom. The van der Waals surface area contributed by atoms with Crippen LogP contribution < -0.4 is 5.32 Å². The Hall–Kier alpha value is -2.05. The van der Waals surface area contributed by atoms with Gasteiger partial charge in [-0.25, -0.2) is 0 Å². The molecule has 0 spiro atoms. The van der Waals surface area contributed by atoms with E-state index in [9.17, 15) is 22.8 Å². The number of rotatable bonds is 3. The third-order valence-corrected chi connectivity index (χ3v) is 3.24. The normalized spacial score (nSPS) is 22.7. The van der Waals surface area contributed by atoms with Crippen LogP contribution in [0.4, 0.5) is 13.2 Å². The van der Waals surface area contributed by atoms with Crippen LogP contribution in [0.15, 0.2) is 24.2 Å². The van der Waals surface area contributed by atoms with Crippen LogP contribution in [-0.4, -0.2) is 25.0 Å². The summed E-state index contributed by atoms with van der Waals surface area (Å²) in [6, 6.07) is 2.58. The van der Waals surface area contributed by atoms with Crippen LogP contribution >= 0.6 is 0 Å². The van der Waals surface area contributed by atoms with Crippen LogP contribution in [0, 0.1) is 5.92 Å². The van der Waals surface area contributed by atoms with Gasteiger partial charge in [-0.3, -0.25) is 9.59 Å². The molecule has 1 N–H and O–H groups in total. The molecule has 1 aromatic rings. The third kappa shape index (κ3) is 3.17. The summed E-state index contributed by atoms with van der Waals surface area (Å²) in [6.45, 7) is 1.63. The lowest BCUT2D eigenvalue weighted by Gasteiger charge is -2.17. The van der Waals surface area contributed by atoms with Gasteiger partial charge in [-0.2, -0.15) is 13.2 Å². The van der Waals surface area contributed by atoms with Crippen molar-refractivity contribution in [1.82, 2.24) is 5.32 Å². The molecule has 1 aromatic carbocycles. The van der Waals surface area contributed by atoms with Crippen molar-refractivity contribution < 1.29 is 28.9 Å². The summed E-state index contributed by atoms with van der Waals surface area (Å²) in [6.07, 6.45) is -4.66. The molecule has 2 atom stereocenters. The van der Waals surface area contributed by atoms with E-state index in [1.54, 1.807) is 6.92 Å². The highest BCUT2D eigenvalue weighted by atomic mass is 19.4. The van der Waals surface area contributed by atoms with E-state index in [-0.39, 0.29) is 18.7 Å². The monoisotopic (exact) mass is 302 g/mol. The molecule has 1 fully saturated rings. The molecule has 4 nitrogen and oxygen atoms in total. The van der Waals surface area contributed by atoms with E-state index in [4.69, 9.17) is 6.11 Å². The first kappa shape index (κ1) is 13.9. The fourth-order valence-corrected chi connectivity index (χ4v) is 2.28. The van der Waals surface area contributed by atoms with Crippen LogP contribution in [-0.2, 0) is 20.5 Å². The van der Waals surface area contributed by atoms with E-state index >= 15 is 0 Å². The average molecular weight is 302 g/mol. The van der Waals surface area contributed by atoms with E-state index in [0.717, 1.165) is 6.07 Å². The van der Waals surface area contributed by atoms with E-state index in [1.165, 1.54) is 12.1 Å². The second kappa shape index (κ2) is 5.75. The molecule has 114 valence electrons. The summed E-state index contributed by atoms with van der Waals surface area (Å²) in [5.41, 5.74) is -1.09. The SMILES string of the molecule is [2H]c1c(C2CNC(=O)C2C(=O)OCC)cccc1C(F)(F)F. The highest BCUT2D eigenvalue weighted by Gasteiger charge is 2.42. The molecular weight excluding hydrogens is 287 g/mol. The Morgan fingerprint density at radius 3 is 2.86 bits per heavy atom. The van der Waals surface area contributed by atoms with Gasteiger partial charge in [0.15, 0.2) is 0 Å². The highest BCUT2D eigenvalue weighted by molar-refractivity contribution is 6.00. The zero-order valence-electron chi connectivity index (χ0n) is 12.2. The smallest absolute Gasteiger partial charge is 0.416 e. The van der Waals surface area contributed by atoms with Gasteiger partial charge in [-0.15, -0.1) is 0 Å². The molecule has 0 aliphatic carbocycles. The predicted octanol–water partition coefficient (Wildman–Crippen LogP) is 2.10. The van der Waals surface area contributed by atoms with Gasteiger partial charge < -0.3 is 10.1 Å². The molecule has 1 amide bonds. The Labute approximate surface area is 120 Å². The standard InChI is InChI=1S/C14H14F3NO3/c1-2-21-13(20)11-10(7-18-12(11)19)8-4-3-5-9(6-8)14(15,16)17/h3-6,10-11H,2,7H2,1H3,(H,18,19)/i6D. The van der Waals surface area contributed by atoms with Gasteiger partial charge in [-0.05, 0) is 18.5 Å². The average Bonchev–Trinajstić information content (AvgIpc) is 2.79. The number of halogens is 3. The molecule has 21 heavy (non-hydrogen) atoms. The van der Waals surface area contributed by atoms with Crippen molar-refractivity contribution >= 4 is 11.9 Å². The van der Waals surface area contributed by atoms with Crippen LogP contribution in [0.5, 0.6) is 0 Å². The number of hydrogen-bond donors (Lipinski definition) is 1. The number of ether oxygens (including phenoxy) is 1. The number of hydrogen-bond acceptors (Lipinski definition) is 3. The van der Waals surface area contributed by atoms with E-state index in [1.807, 2.05) is 0 Å². The molecule has 7 heteroatoms. The molecule has 0 radical (unpaired) electrons. The van der Waals surface area contributed by atoms with Crippen molar-refractivity contribution in [3.63, 3.8) is 0 Å². The molecule has 1 aliphatic rings. The minimum Gasteiger partial charge on any atom is -0.465 e. The zero-order valence-corrected chi connectivity index (χ0v) is 11.2. The van der Waals surface area contributed by atoms with Crippen molar-refractivity contribution in [3.8, 4) is 0 Å². The summed E-state index contributed by atoms with van der Waals surface area (Å²) in [5, 5.41) is 2.44. The van der Waals surface area contributed by atoms with Gasteiger partial charge >= 0.3 is 12.1 Å². The Balaban J connectivity index is 2.43. The summed E-state index contributed by atoms with van der Waals surface area (Å²) in [5.74, 6) is -3.46. The number of carbonyl (C=O) groups is 2. The largest absolute Gasteiger partial charge is 0.465 e. The maximum atomic E-state index is 12.9. The summed E-state index contributed by atoms with van der Waals surface area (Å²) in [4.78, 5) is 23.6. The van der Waals surface area contributed by atoms with Crippen molar-refractivity contribution in [2.24, 2.45) is 5.92 Å². The Kier molecular flexibility index (Phi) is 3.81. The first-order valence-electron chi connectivity index (χ1n) is 6.88. The maximum Gasteiger partial charge on any atom is 0.416 e. The van der Waals surface area contributed by atoms with Crippen LogP contribution in [0.1, 0.15) is 25.3 Å². The fraction of sp³-hybridized carbons (Fsp3) is 0.429.